The highest BCUT2D eigenvalue weighted by Crippen LogP contribution is 2.35. The number of rotatable bonds is 0. The highest BCUT2D eigenvalue weighted by atomic mass is 16.3. The summed E-state index contributed by atoms with van der Waals surface area (Å²) >= 11 is 0. The second-order valence-electron chi connectivity index (χ2n) is 4.41. The molecule has 2 aromatic rings. The Balaban J connectivity index is 2.31. The first-order valence-electron chi connectivity index (χ1n) is 5.84. The molecule has 3 nitrogen and oxygen atoms in total. The second kappa shape index (κ2) is 3.96. The minimum Gasteiger partial charge on any atom is -0.384 e. The number of carbonyl (C=O) groups is 1. The highest BCUT2D eigenvalue weighted by Gasteiger charge is 2.28. The smallest absolute Gasteiger partial charge is 0.258 e. The standard InChI is InChI=1S/C15H13NO2/c1-16-13-9-5-4-8-12(13)14(17)10-6-2-3-7-11(10)15(16)18/h2-9,14,17H,1H3/t14-/m1/s1. The van der Waals surface area contributed by atoms with Gasteiger partial charge in [0, 0.05) is 23.9 Å². The first kappa shape index (κ1) is 11.0. The number of amides is 1. The third-order valence-electron chi connectivity index (χ3n) is 3.38. The van der Waals surface area contributed by atoms with Crippen LogP contribution in [0, 0.1) is 0 Å². The van der Waals surface area contributed by atoms with Crippen molar-refractivity contribution in [3.63, 3.8) is 0 Å². The van der Waals surface area contributed by atoms with E-state index in [0.717, 1.165) is 11.3 Å². The first-order chi connectivity index (χ1) is 8.70. The van der Waals surface area contributed by atoms with Crippen molar-refractivity contribution in [2.75, 3.05) is 11.9 Å². The lowest BCUT2D eigenvalue weighted by atomic mass is 9.97. The lowest BCUT2D eigenvalue weighted by Gasteiger charge is -2.18. The van der Waals surface area contributed by atoms with Gasteiger partial charge in [0.2, 0.25) is 0 Å². The SMILES string of the molecule is CN1C(=O)c2ccccc2[C@@H](O)c2ccccc21. The van der Waals surface area contributed by atoms with Crippen LogP contribution in [0.2, 0.25) is 0 Å². The van der Waals surface area contributed by atoms with Gasteiger partial charge in [-0.2, -0.15) is 0 Å². The number of nitrogens with zero attached hydrogens (tertiary/aromatic N) is 1. The van der Waals surface area contributed by atoms with E-state index in [2.05, 4.69) is 0 Å². The summed E-state index contributed by atoms with van der Waals surface area (Å²) in [6.07, 6.45) is -0.758. The van der Waals surface area contributed by atoms with Crippen molar-refractivity contribution in [2.24, 2.45) is 0 Å². The van der Waals surface area contributed by atoms with Gasteiger partial charge >= 0.3 is 0 Å². The molecule has 1 aliphatic rings. The Morgan fingerprint density at radius 1 is 1.00 bits per heavy atom. The van der Waals surface area contributed by atoms with Crippen LogP contribution in [0.25, 0.3) is 0 Å². The molecule has 1 atom stereocenters. The van der Waals surface area contributed by atoms with E-state index in [9.17, 15) is 9.90 Å². The van der Waals surface area contributed by atoms with Gasteiger partial charge in [0.15, 0.2) is 0 Å². The van der Waals surface area contributed by atoms with E-state index in [1.807, 2.05) is 36.4 Å². The van der Waals surface area contributed by atoms with Crippen molar-refractivity contribution >= 4 is 11.6 Å². The van der Waals surface area contributed by atoms with Crippen molar-refractivity contribution in [2.45, 2.75) is 6.10 Å². The van der Waals surface area contributed by atoms with Gasteiger partial charge in [0.25, 0.3) is 5.91 Å². The zero-order valence-corrected chi connectivity index (χ0v) is 10.00. The molecule has 1 amide bonds. The third kappa shape index (κ3) is 1.45. The van der Waals surface area contributed by atoms with Crippen LogP contribution in [0.15, 0.2) is 48.5 Å². The van der Waals surface area contributed by atoms with Gasteiger partial charge in [-0.25, -0.2) is 0 Å². The Bertz CT molecular complexity index is 621. The molecular formula is C15H13NO2. The van der Waals surface area contributed by atoms with Crippen LogP contribution in [-0.2, 0) is 0 Å². The Morgan fingerprint density at radius 3 is 2.39 bits per heavy atom. The van der Waals surface area contributed by atoms with E-state index in [1.165, 1.54) is 0 Å². The molecule has 1 N–H and O–H groups in total. The van der Waals surface area contributed by atoms with E-state index in [-0.39, 0.29) is 5.91 Å². The molecule has 0 saturated heterocycles. The van der Waals surface area contributed by atoms with E-state index >= 15 is 0 Å². The lowest BCUT2D eigenvalue weighted by Crippen LogP contribution is -2.25. The lowest BCUT2D eigenvalue weighted by molar-refractivity contribution is 0.0991. The predicted octanol–water partition coefficient (Wildman–Crippen LogP) is 2.36. The summed E-state index contributed by atoms with van der Waals surface area (Å²) in [4.78, 5) is 13.9. The zero-order chi connectivity index (χ0) is 12.7. The van der Waals surface area contributed by atoms with E-state index < -0.39 is 6.10 Å². The fraction of sp³-hybridized carbons (Fsp3) is 0.133. The number of hydrogen-bond donors (Lipinski definition) is 1. The second-order valence-corrected chi connectivity index (χ2v) is 4.41. The van der Waals surface area contributed by atoms with Crippen LogP contribution in [0.3, 0.4) is 0 Å². The number of fused-ring (bicyclic) bond motifs is 2. The minimum absolute atomic E-state index is 0.0883. The van der Waals surface area contributed by atoms with Crippen LogP contribution < -0.4 is 4.90 Å². The molecule has 0 fully saturated rings. The normalized spacial score (nSPS) is 18.0. The van der Waals surface area contributed by atoms with Gasteiger partial charge in [0.05, 0.1) is 0 Å². The Morgan fingerprint density at radius 2 is 1.61 bits per heavy atom. The molecule has 2 aromatic carbocycles. The molecule has 1 heterocycles. The number of benzene rings is 2. The number of carbonyl (C=O) groups excluding carboxylic acids is 1. The molecule has 0 saturated carbocycles. The molecule has 3 rings (SSSR count). The minimum atomic E-state index is -0.758. The maximum absolute atomic E-state index is 12.4. The Kier molecular flexibility index (Phi) is 2.42. The van der Waals surface area contributed by atoms with E-state index in [0.29, 0.717) is 11.1 Å². The molecule has 90 valence electrons. The molecular weight excluding hydrogens is 226 g/mol. The van der Waals surface area contributed by atoms with Gasteiger partial charge in [-0.15, -0.1) is 0 Å². The summed E-state index contributed by atoms with van der Waals surface area (Å²) < 4.78 is 0. The Labute approximate surface area is 105 Å². The molecule has 0 radical (unpaired) electrons. The van der Waals surface area contributed by atoms with Crippen molar-refractivity contribution in [3.8, 4) is 0 Å². The van der Waals surface area contributed by atoms with Crippen LogP contribution >= 0.6 is 0 Å². The van der Waals surface area contributed by atoms with Crippen molar-refractivity contribution in [1.29, 1.82) is 0 Å². The fourth-order valence-electron chi connectivity index (χ4n) is 2.41. The summed E-state index contributed by atoms with van der Waals surface area (Å²) in [5.74, 6) is -0.0883. The molecule has 0 bridgehead atoms. The molecule has 1 aliphatic heterocycles. The van der Waals surface area contributed by atoms with Crippen LogP contribution in [0.4, 0.5) is 5.69 Å². The molecule has 0 spiro atoms. The molecule has 0 unspecified atom stereocenters. The summed E-state index contributed by atoms with van der Waals surface area (Å²) in [5.41, 5.74) is 2.74. The van der Waals surface area contributed by atoms with Gasteiger partial charge < -0.3 is 10.0 Å². The summed E-state index contributed by atoms with van der Waals surface area (Å²) in [6, 6.07) is 14.6. The quantitative estimate of drug-likeness (QED) is 0.766. The number of aliphatic hydroxyl groups excluding tert-OH is 1. The van der Waals surface area contributed by atoms with Crippen molar-refractivity contribution in [1.82, 2.24) is 0 Å². The molecule has 3 heteroatoms. The summed E-state index contributed by atoms with van der Waals surface area (Å²) in [5, 5.41) is 10.5. The largest absolute Gasteiger partial charge is 0.384 e. The fourth-order valence-corrected chi connectivity index (χ4v) is 2.41. The summed E-state index contributed by atoms with van der Waals surface area (Å²) in [6.45, 7) is 0. The summed E-state index contributed by atoms with van der Waals surface area (Å²) in [7, 11) is 1.73. The maximum atomic E-state index is 12.4. The molecule has 0 aliphatic carbocycles. The molecule has 18 heavy (non-hydrogen) atoms. The number of para-hydroxylation sites is 1. The van der Waals surface area contributed by atoms with E-state index in [4.69, 9.17) is 0 Å². The van der Waals surface area contributed by atoms with Gasteiger partial charge in [0.1, 0.15) is 6.10 Å². The van der Waals surface area contributed by atoms with Gasteiger partial charge in [-0.05, 0) is 17.7 Å². The predicted molar refractivity (Wildman–Crippen MR) is 69.7 cm³/mol. The first-order valence-corrected chi connectivity index (χ1v) is 5.84. The van der Waals surface area contributed by atoms with Crippen LogP contribution in [0.1, 0.15) is 27.6 Å². The zero-order valence-electron chi connectivity index (χ0n) is 10.00. The third-order valence-corrected chi connectivity index (χ3v) is 3.38. The van der Waals surface area contributed by atoms with Gasteiger partial charge in [-0.1, -0.05) is 36.4 Å². The average Bonchev–Trinajstić information content (AvgIpc) is 2.51. The number of anilines is 1. The highest BCUT2D eigenvalue weighted by molar-refractivity contribution is 6.08. The van der Waals surface area contributed by atoms with Crippen LogP contribution in [-0.4, -0.2) is 18.1 Å². The number of hydrogen-bond acceptors (Lipinski definition) is 2. The molecule has 0 aromatic heterocycles. The number of aliphatic hydroxyl groups is 1. The maximum Gasteiger partial charge on any atom is 0.258 e. The van der Waals surface area contributed by atoms with Crippen molar-refractivity contribution < 1.29 is 9.90 Å². The van der Waals surface area contributed by atoms with Crippen LogP contribution in [0.5, 0.6) is 0 Å². The monoisotopic (exact) mass is 239 g/mol. The van der Waals surface area contributed by atoms with Crippen molar-refractivity contribution in [3.05, 3.63) is 65.2 Å². The Hall–Kier alpha value is -2.13. The van der Waals surface area contributed by atoms with E-state index in [1.54, 1.807) is 24.1 Å². The van der Waals surface area contributed by atoms with Gasteiger partial charge in [-0.3, -0.25) is 4.79 Å². The topological polar surface area (TPSA) is 40.5 Å². The average molecular weight is 239 g/mol.